The molecule has 0 fully saturated rings. The van der Waals surface area contributed by atoms with Gasteiger partial charge in [0.25, 0.3) is 5.91 Å². The lowest BCUT2D eigenvalue weighted by atomic mass is 10.0. The van der Waals surface area contributed by atoms with Gasteiger partial charge in [0, 0.05) is 13.2 Å². The van der Waals surface area contributed by atoms with Crippen LogP contribution in [0.1, 0.15) is 24.3 Å². The molecule has 1 heterocycles. The van der Waals surface area contributed by atoms with Crippen LogP contribution in [0.5, 0.6) is 0 Å². The zero-order valence-corrected chi connectivity index (χ0v) is 9.60. The number of carboxylic acids is 1. The molecule has 0 aromatic carbocycles. The molecule has 0 saturated carbocycles. The monoisotopic (exact) mass is 224 g/mol. The van der Waals surface area contributed by atoms with E-state index in [9.17, 15) is 9.59 Å². The molecule has 0 aliphatic heterocycles. The molecule has 1 rings (SSSR count). The largest absolute Gasteiger partial charge is 0.480 e. The summed E-state index contributed by atoms with van der Waals surface area (Å²) in [5.41, 5.74) is 0.451. The predicted molar refractivity (Wildman–Crippen MR) is 59.1 cm³/mol. The Labute approximate surface area is 94.1 Å². The highest BCUT2D eigenvalue weighted by Crippen LogP contribution is 2.05. The molecule has 0 bridgehead atoms. The maximum absolute atomic E-state index is 11.8. The summed E-state index contributed by atoms with van der Waals surface area (Å²) in [7, 11) is 1.74. The number of carbonyl (C=O) groups excluding carboxylic acids is 1. The fraction of sp³-hybridized carbons (Fsp3) is 0.455. The van der Waals surface area contributed by atoms with Crippen molar-refractivity contribution in [3.8, 4) is 0 Å². The zero-order chi connectivity index (χ0) is 12.3. The quantitative estimate of drug-likeness (QED) is 0.797. The van der Waals surface area contributed by atoms with Crippen molar-refractivity contribution in [1.82, 2.24) is 9.88 Å². The molecule has 1 aromatic rings. The lowest BCUT2D eigenvalue weighted by Gasteiger charge is -2.17. The molecule has 0 unspecified atom stereocenters. The summed E-state index contributed by atoms with van der Waals surface area (Å²) in [6.45, 7) is 3.51. The molecule has 0 aliphatic rings. The maximum atomic E-state index is 11.8. The Morgan fingerprint density at radius 3 is 2.44 bits per heavy atom. The highest BCUT2D eigenvalue weighted by Gasteiger charge is 2.24. The summed E-state index contributed by atoms with van der Waals surface area (Å²) in [4.78, 5) is 22.7. The average Bonchev–Trinajstić information content (AvgIpc) is 2.59. The Morgan fingerprint density at radius 2 is 2.06 bits per heavy atom. The third kappa shape index (κ3) is 2.62. The van der Waals surface area contributed by atoms with Crippen LogP contribution in [0.3, 0.4) is 0 Å². The number of aromatic nitrogens is 1. The van der Waals surface area contributed by atoms with Gasteiger partial charge in [-0.1, -0.05) is 13.8 Å². The van der Waals surface area contributed by atoms with Crippen molar-refractivity contribution in [2.45, 2.75) is 19.9 Å². The molecule has 0 aliphatic carbocycles. The molecule has 5 nitrogen and oxygen atoms in total. The second-order valence-corrected chi connectivity index (χ2v) is 4.04. The Kier molecular flexibility index (Phi) is 3.71. The van der Waals surface area contributed by atoms with Crippen molar-refractivity contribution in [1.29, 1.82) is 0 Å². The van der Waals surface area contributed by atoms with Crippen LogP contribution in [0.15, 0.2) is 18.3 Å². The van der Waals surface area contributed by atoms with Crippen molar-refractivity contribution < 1.29 is 14.7 Å². The van der Waals surface area contributed by atoms with Gasteiger partial charge in [0.2, 0.25) is 0 Å². The highest BCUT2D eigenvalue weighted by molar-refractivity contribution is 5.95. The van der Waals surface area contributed by atoms with Gasteiger partial charge in [-0.25, -0.2) is 4.79 Å². The van der Waals surface area contributed by atoms with E-state index in [1.165, 1.54) is 0 Å². The number of aryl methyl sites for hydroxylation is 1. The number of aliphatic carboxylic acids is 1. The van der Waals surface area contributed by atoms with E-state index in [0.717, 1.165) is 0 Å². The number of nitrogens with one attached hydrogen (secondary N) is 1. The molecule has 88 valence electrons. The van der Waals surface area contributed by atoms with Gasteiger partial charge in [-0.15, -0.1) is 0 Å². The lowest BCUT2D eigenvalue weighted by Crippen LogP contribution is -2.44. The SMILES string of the molecule is CC(C)[C@H](NC(=O)c1cccn1C)C(=O)O. The molecule has 0 radical (unpaired) electrons. The molecule has 1 atom stereocenters. The van der Waals surface area contributed by atoms with E-state index in [-0.39, 0.29) is 11.8 Å². The van der Waals surface area contributed by atoms with Gasteiger partial charge in [0.1, 0.15) is 11.7 Å². The van der Waals surface area contributed by atoms with Crippen molar-refractivity contribution >= 4 is 11.9 Å². The lowest BCUT2D eigenvalue weighted by molar-refractivity contribution is -0.140. The number of amides is 1. The number of rotatable bonds is 4. The first-order chi connectivity index (χ1) is 7.43. The van der Waals surface area contributed by atoms with Crippen molar-refractivity contribution in [3.05, 3.63) is 24.0 Å². The summed E-state index contributed by atoms with van der Waals surface area (Å²) in [5.74, 6) is -1.53. The Hall–Kier alpha value is -1.78. The molecule has 0 saturated heterocycles. The minimum atomic E-state index is -1.02. The second kappa shape index (κ2) is 4.83. The topological polar surface area (TPSA) is 71.3 Å². The summed E-state index contributed by atoms with van der Waals surface area (Å²) in [6, 6.07) is 2.52. The fourth-order valence-electron chi connectivity index (χ4n) is 1.43. The maximum Gasteiger partial charge on any atom is 0.326 e. The summed E-state index contributed by atoms with van der Waals surface area (Å²) < 4.78 is 1.65. The van der Waals surface area contributed by atoms with E-state index >= 15 is 0 Å². The third-order valence-corrected chi connectivity index (χ3v) is 2.40. The Bertz CT molecular complexity index is 396. The van der Waals surface area contributed by atoms with Gasteiger partial charge in [-0.3, -0.25) is 4.79 Å². The minimum absolute atomic E-state index is 0.151. The van der Waals surface area contributed by atoms with Gasteiger partial charge in [0.05, 0.1) is 0 Å². The van der Waals surface area contributed by atoms with Gasteiger partial charge >= 0.3 is 5.97 Å². The van der Waals surface area contributed by atoms with Gasteiger partial charge in [-0.05, 0) is 18.1 Å². The number of carboxylic acid groups (broad SMARTS) is 1. The Morgan fingerprint density at radius 1 is 1.44 bits per heavy atom. The first-order valence-corrected chi connectivity index (χ1v) is 5.08. The third-order valence-electron chi connectivity index (χ3n) is 2.40. The van der Waals surface area contributed by atoms with Crippen LogP contribution in [0.2, 0.25) is 0 Å². The van der Waals surface area contributed by atoms with E-state index < -0.39 is 12.0 Å². The molecule has 16 heavy (non-hydrogen) atoms. The van der Waals surface area contributed by atoms with E-state index in [2.05, 4.69) is 5.32 Å². The Balaban J connectivity index is 2.77. The molecule has 1 aromatic heterocycles. The fourth-order valence-corrected chi connectivity index (χ4v) is 1.43. The molecule has 1 amide bonds. The summed E-state index contributed by atoms with van der Waals surface area (Å²) in [6.07, 6.45) is 1.74. The van der Waals surface area contributed by atoms with Gasteiger partial charge in [0.15, 0.2) is 0 Å². The molecule has 2 N–H and O–H groups in total. The molecular weight excluding hydrogens is 208 g/mol. The number of nitrogens with zero attached hydrogens (tertiary/aromatic N) is 1. The van der Waals surface area contributed by atoms with Crippen LogP contribution in [0, 0.1) is 5.92 Å². The van der Waals surface area contributed by atoms with E-state index in [1.807, 2.05) is 0 Å². The van der Waals surface area contributed by atoms with Crippen molar-refractivity contribution in [3.63, 3.8) is 0 Å². The summed E-state index contributed by atoms with van der Waals surface area (Å²) in [5, 5.41) is 11.4. The van der Waals surface area contributed by atoms with Crippen molar-refractivity contribution in [2.75, 3.05) is 0 Å². The van der Waals surface area contributed by atoms with Crippen LogP contribution in [0.25, 0.3) is 0 Å². The smallest absolute Gasteiger partial charge is 0.326 e. The highest BCUT2D eigenvalue weighted by atomic mass is 16.4. The van der Waals surface area contributed by atoms with Crippen LogP contribution in [-0.4, -0.2) is 27.6 Å². The molecular formula is C11H16N2O3. The van der Waals surface area contributed by atoms with Crippen molar-refractivity contribution in [2.24, 2.45) is 13.0 Å². The van der Waals surface area contributed by atoms with E-state index in [4.69, 9.17) is 5.11 Å². The molecule has 0 spiro atoms. The number of carbonyl (C=O) groups is 2. The first kappa shape index (κ1) is 12.3. The second-order valence-electron chi connectivity index (χ2n) is 4.04. The van der Waals surface area contributed by atoms with Crippen LogP contribution >= 0.6 is 0 Å². The van der Waals surface area contributed by atoms with Crippen LogP contribution in [-0.2, 0) is 11.8 Å². The average molecular weight is 224 g/mol. The molecule has 5 heteroatoms. The van der Waals surface area contributed by atoms with Crippen LogP contribution in [0.4, 0.5) is 0 Å². The van der Waals surface area contributed by atoms with E-state index in [1.54, 1.807) is 43.8 Å². The summed E-state index contributed by atoms with van der Waals surface area (Å²) >= 11 is 0. The predicted octanol–water partition coefficient (Wildman–Crippen LogP) is 0.864. The van der Waals surface area contributed by atoms with Crippen LogP contribution < -0.4 is 5.32 Å². The van der Waals surface area contributed by atoms with Gasteiger partial charge < -0.3 is 15.0 Å². The number of hydrogen-bond acceptors (Lipinski definition) is 2. The minimum Gasteiger partial charge on any atom is -0.480 e. The van der Waals surface area contributed by atoms with E-state index in [0.29, 0.717) is 5.69 Å². The number of hydrogen-bond donors (Lipinski definition) is 2. The first-order valence-electron chi connectivity index (χ1n) is 5.08. The zero-order valence-electron chi connectivity index (χ0n) is 9.60. The van der Waals surface area contributed by atoms with Gasteiger partial charge in [-0.2, -0.15) is 0 Å². The normalized spacial score (nSPS) is 12.5. The standard InChI is InChI=1S/C11H16N2O3/c1-7(2)9(11(15)16)12-10(14)8-5-4-6-13(8)3/h4-7,9H,1-3H3,(H,12,14)(H,15,16)/t9-/m0/s1.